The lowest BCUT2D eigenvalue weighted by Crippen LogP contribution is -2.51. The molecule has 7 nitrogen and oxygen atoms in total. The van der Waals surface area contributed by atoms with Gasteiger partial charge in [-0.15, -0.1) is 0 Å². The predicted molar refractivity (Wildman–Crippen MR) is 163 cm³/mol. The highest BCUT2D eigenvalue weighted by Crippen LogP contribution is 2.47. The van der Waals surface area contributed by atoms with Crippen molar-refractivity contribution >= 4 is 20.0 Å². The lowest BCUT2D eigenvalue weighted by molar-refractivity contribution is -0.145. The highest BCUT2D eigenvalue weighted by Gasteiger charge is 2.49. The van der Waals surface area contributed by atoms with Crippen LogP contribution in [0.2, 0.25) is 16.6 Å². The molecule has 0 saturated carbocycles. The molecule has 220 valence electrons. The molecule has 0 saturated heterocycles. The second kappa shape index (κ2) is 13.5. The molecule has 1 aliphatic rings. The smallest absolute Gasteiger partial charge is 0.329 e. The first-order valence-electron chi connectivity index (χ1n) is 14.2. The van der Waals surface area contributed by atoms with Crippen molar-refractivity contribution in [2.75, 3.05) is 32.8 Å². The largest absolute Gasteiger partial charge is 0.546 e. The Labute approximate surface area is 241 Å². The maximum Gasteiger partial charge on any atom is 0.329 e. The Morgan fingerprint density at radius 3 is 1.82 bits per heavy atom. The number of carbonyl (C=O) groups is 1. The monoisotopic (exact) mass is 569 g/mol. The standard InChI is InChI=1S/C32H47NO6Si/c1-11-38-32(34)31-20-29(39-40(21(2)3,22(4)5)23(6)7)19-30(24-16-27(36-9)18-28(17-24)37-10)33(31)25-12-14-26(35-8)15-13-25/h12-19,21-23,30-31H,11,20H2,1-10H3/t30-,31-/m0/s1. The van der Waals surface area contributed by atoms with Crippen LogP contribution in [0, 0.1) is 0 Å². The van der Waals surface area contributed by atoms with E-state index in [0.29, 0.717) is 41.2 Å². The molecule has 1 heterocycles. The molecule has 0 fully saturated rings. The molecule has 0 unspecified atom stereocenters. The summed E-state index contributed by atoms with van der Waals surface area (Å²) in [6.07, 6.45) is 2.59. The van der Waals surface area contributed by atoms with Gasteiger partial charge in [0.25, 0.3) is 8.32 Å². The molecule has 0 aliphatic carbocycles. The predicted octanol–water partition coefficient (Wildman–Crippen LogP) is 7.67. The highest BCUT2D eigenvalue weighted by molar-refractivity contribution is 6.77. The number of carbonyl (C=O) groups excluding carboxylic acids is 1. The van der Waals surface area contributed by atoms with E-state index in [1.165, 1.54) is 0 Å². The lowest BCUT2D eigenvalue weighted by Gasteiger charge is -2.47. The Hall–Kier alpha value is -3.13. The van der Waals surface area contributed by atoms with Gasteiger partial charge in [0.05, 0.1) is 39.7 Å². The van der Waals surface area contributed by atoms with Gasteiger partial charge in [0, 0.05) is 18.2 Å². The van der Waals surface area contributed by atoms with E-state index in [0.717, 1.165) is 22.8 Å². The van der Waals surface area contributed by atoms with Crippen LogP contribution in [-0.4, -0.2) is 48.3 Å². The summed E-state index contributed by atoms with van der Waals surface area (Å²) >= 11 is 0. The van der Waals surface area contributed by atoms with E-state index in [-0.39, 0.29) is 12.0 Å². The minimum absolute atomic E-state index is 0.279. The van der Waals surface area contributed by atoms with Gasteiger partial charge in [-0.3, -0.25) is 0 Å². The number of hydrogen-bond acceptors (Lipinski definition) is 7. The van der Waals surface area contributed by atoms with E-state index >= 15 is 0 Å². The summed E-state index contributed by atoms with van der Waals surface area (Å²) < 4.78 is 29.5. The minimum Gasteiger partial charge on any atom is -0.546 e. The molecule has 0 N–H and O–H groups in total. The third kappa shape index (κ3) is 6.43. The van der Waals surface area contributed by atoms with Gasteiger partial charge in [0.2, 0.25) is 0 Å². The van der Waals surface area contributed by atoms with E-state index < -0.39 is 14.4 Å². The fourth-order valence-electron chi connectivity index (χ4n) is 6.25. The number of nitrogens with zero attached hydrogens (tertiary/aromatic N) is 1. The quantitative estimate of drug-likeness (QED) is 0.192. The van der Waals surface area contributed by atoms with Gasteiger partial charge in [-0.1, -0.05) is 41.5 Å². The van der Waals surface area contributed by atoms with Crippen molar-refractivity contribution in [3.05, 3.63) is 59.9 Å². The average Bonchev–Trinajstić information content (AvgIpc) is 2.94. The zero-order chi connectivity index (χ0) is 29.6. The molecule has 0 aromatic heterocycles. The van der Waals surface area contributed by atoms with E-state index in [1.807, 2.05) is 49.4 Å². The van der Waals surface area contributed by atoms with Crippen molar-refractivity contribution < 1.29 is 28.2 Å². The summed E-state index contributed by atoms with van der Waals surface area (Å²) in [5.74, 6) is 2.66. The van der Waals surface area contributed by atoms with Crippen molar-refractivity contribution in [2.24, 2.45) is 0 Å². The maximum atomic E-state index is 13.6. The van der Waals surface area contributed by atoms with Crippen LogP contribution in [-0.2, 0) is 14.0 Å². The van der Waals surface area contributed by atoms with Crippen LogP contribution >= 0.6 is 0 Å². The summed E-state index contributed by atoms with van der Waals surface area (Å²) in [7, 11) is 2.64. The number of ether oxygens (including phenoxy) is 4. The summed E-state index contributed by atoms with van der Waals surface area (Å²) in [6, 6.07) is 12.7. The second-order valence-corrected chi connectivity index (χ2v) is 16.6. The minimum atomic E-state index is -2.28. The molecule has 8 heteroatoms. The molecule has 2 aromatic rings. The van der Waals surface area contributed by atoms with Crippen molar-refractivity contribution in [3.63, 3.8) is 0 Å². The van der Waals surface area contributed by atoms with E-state index in [2.05, 4.69) is 52.5 Å². The van der Waals surface area contributed by atoms with Gasteiger partial charge in [-0.25, -0.2) is 4.79 Å². The van der Waals surface area contributed by atoms with Crippen molar-refractivity contribution in [2.45, 2.75) is 83.6 Å². The van der Waals surface area contributed by atoms with Crippen molar-refractivity contribution in [1.29, 1.82) is 0 Å². The Morgan fingerprint density at radius 2 is 1.38 bits per heavy atom. The van der Waals surface area contributed by atoms with E-state index in [9.17, 15) is 4.79 Å². The van der Waals surface area contributed by atoms with Gasteiger partial charge in [0.1, 0.15) is 23.3 Å². The molecule has 1 aliphatic heterocycles. The lowest BCUT2D eigenvalue weighted by atomic mass is 9.94. The molecule has 0 radical (unpaired) electrons. The van der Waals surface area contributed by atoms with Gasteiger partial charge in [-0.2, -0.15) is 0 Å². The third-order valence-electron chi connectivity index (χ3n) is 8.03. The molecule has 2 atom stereocenters. The van der Waals surface area contributed by atoms with Crippen molar-refractivity contribution in [3.8, 4) is 17.2 Å². The summed E-state index contributed by atoms with van der Waals surface area (Å²) in [5, 5.41) is 0. The molecule has 3 rings (SSSR count). The highest BCUT2D eigenvalue weighted by atomic mass is 28.4. The number of esters is 1. The Kier molecular flexibility index (Phi) is 10.6. The molecule has 0 bridgehead atoms. The Bertz CT molecular complexity index is 1120. The number of anilines is 1. The van der Waals surface area contributed by atoms with Gasteiger partial charge in [0.15, 0.2) is 0 Å². The normalized spacial score (nSPS) is 17.6. The Balaban J connectivity index is 2.28. The first-order valence-corrected chi connectivity index (χ1v) is 16.4. The fraction of sp³-hybridized carbons (Fsp3) is 0.531. The number of rotatable bonds is 12. The van der Waals surface area contributed by atoms with E-state index in [1.54, 1.807) is 21.3 Å². The molecule has 2 aromatic carbocycles. The molecule has 0 spiro atoms. The van der Waals surface area contributed by atoms with Crippen LogP contribution in [0.4, 0.5) is 5.69 Å². The van der Waals surface area contributed by atoms with Crippen molar-refractivity contribution in [1.82, 2.24) is 0 Å². The fourth-order valence-corrected chi connectivity index (χ4v) is 11.6. The van der Waals surface area contributed by atoms with Crippen LogP contribution < -0.4 is 19.1 Å². The maximum absolute atomic E-state index is 13.6. The van der Waals surface area contributed by atoms with Gasteiger partial charge >= 0.3 is 5.97 Å². The van der Waals surface area contributed by atoms with Crippen LogP contribution in [0.15, 0.2) is 54.3 Å². The van der Waals surface area contributed by atoms with Gasteiger partial charge in [-0.05, 0) is 71.6 Å². The van der Waals surface area contributed by atoms with Crippen LogP contribution in [0.25, 0.3) is 0 Å². The van der Waals surface area contributed by atoms with Gasteiger partial charge < -0.3 is 28.3 Å². The third-order valence-corrected chi connectivity index (χ3v) is 14.1. The molecule has 40 heavy (non-hydrogen) atoms. The number of benzene rings is 2. The van der Waals surface area contributed by atoms with E-state index in [4.69, 9.17) is 23.4 Å². The molecular weight excluding hydrogens is 522 g/mol. The topological polar surface area (TPSA) is 66.5 Å². The SMILES string of the molecule is CCOC(=O)[C@@H]1CC(O[Si](C(C)C)(C(C)C)C(C)C)=C[C@@H](c2cc(OC)cc(OC)c2)N1c1ccc(OC)cc1. The zero-order valence-corrected chi connectivity index (χ0v) is 26.8. The Morgan fingerprint density at radius 1 is 0.850 bits per heavy atom. The molecular formula is C32H47NO6Si. The van der Waals surface area contributed by atoms with Crippen LogP contribution in [0.1, 0.15) is 66.5 Å². The summed E-state index contributed by atoms with van der Waals surface area (Å²) in [6.45, 7) is 15.8. The summed E-state index contributed by atoms with van der Waals surface area (Å²) in [4.78, 5) is 15.7. The number of hydrogen-bond donors (Lipinski definition) is 0. The zero-order valence-electron chi connectivity index (χ0n) is 25.8. The van der Waals surface area contributed by atoms with Crippen LogP contribution in [0.3, 0.4) is 0 Å². The molecule has 0 amide bonds. The first kappa shape index (κ1) is 31.4. The average molecular weight is 570 g/mol. The van der Waals surface area contributed by atoms with Crippen LogP contribution in [0.5, 0.6) is 17.2 Å². The summed E-state index contributed by atoms with van der Waals surface area (Å²) in [5.41, 5.74) is 2.98. The second-order valence-electron chi connectivity index (χ2n) is 11.2. The number of methoxy groups -OCH3 is 3. The first-order chi connectivity index (χ1) is 19.0.